The largest absolute Gasteiger partial charge is 0.503 e. The molecule has 0 spiro atoms. The van der Waals surface area contributed by atoms with Crippen LogP contribution in [0, 0.1) is 0 Å². The van der Waals surface area contributed by atoms with Crippen molar-refractivity contribution in [2.45, 2.75) is 19.9 Å². The number of aliphatic hydroxyl groups is 1. The molecule has 1 fully saturated rings. The van der Waals surface area contributed by atoms with Gasteiger partial charge in [0.1, 0.15) is 5.75 Å². The summed E-state index contributed by atoms with van der Waals surface area (Å²) >= 11 is 0. The molecule has 2 aliphatic rings. The predicted molar refractivity (Wildman–Crippen MR) is 99.7 cm³/mol. The van der Waals surface area contributed by atoms with Gasteiger partial charge in [-0.1, -0.05) is 12.1 Å². The Kier molecular flexibility index (Phi) is 6.13. The van der Waals surface area contributed by atoms with Crippen molar-refractivity contribution in [2.75, 3.05) is 46.0 Å². The monoisotopic (exact) mass is 374 g/mol. The molecule has 7 heteroatoms. The van der Waals surface area contributed by atoms with E-state index in [0.29, 0.717) is 32.9 Å². The van der Waals surface area contributed by atoms with Gasteiger partial charge in [-0.25, -0.2) is 0 Å². The van der Waals surface area contributed by atoms with E-state index in [2.05, 4.69) is 4.90 Å². The molecule has 0 aromatic heterocycles. The molecule has 2 heterocycles. The van der Waals surface area contributed by atoms with Crippen molar-refractivity contribution in [3.63, 3.8) is 0 Å². The van der Waals surface area contributed by atoms with Gasteiger partial charge in [-0.05, 0) is 31.5 Å². The number of benzene rings is 1. The molecule has 1 N–H and O–H groups in total. The van der Waals surface area contributed by atoms with Crippen LogP contribution in [0.15, 0.2) is 35.6 Å². The minimum atomic E-state index is -0.577. The summed E-state index contributed by atoms with van der Waals surface area (Å²) in [5.41, 5.74) is 0.939. The van der Waals surface area contributed by atoms with E-state index in [-0.39, 0.29) is 11.4 Å². The van der Waals surface area contributed by atoms with E-state index in [4.69, 9.17) is 9.47 Å². The van der Waals surface area contributed by atoms with E-state index in [1.807, 2.05) is 31.2 Å². The molecule has 146 valence electrons. The lowest BCUT2D eigenvalue weighted by Crippen LogP contribution is -2.43. The molecular formula is C20H26N2O5. The second kappa shape index (κ2) is 8.54. The van der Waals surface area contributed by atoms with E-state index in [1.54, 1.807) is 4.90 Å². The lowest BCUT2D eigenvalue weighted by molar-refractivity contribution is -0.129. The quantitative estimate of drug-likeness (QED) is 0.783. The fraction of sp³-hybridized carbons (Fsp3) is 0.500. The van der Waals surface area contributed by atoms with Crippen molar-refractivity contribution in [3.8, 4) is 5.75 Å². The summed E-state index contributed by atoms with van der Waals surface area (Å²) in [6.07, 6.45) is 0. The van der Waals surface area contributed by atoms with Crippen LogP contribution in [0.2, 0.25) is 0 Å². The van der Waals surface area contributed by atoms with Crippen molar-refractivity contribution >= 4 is 11.7 Å². The Labute approximate surface area is 159 Å². The number of morpholine rings is 1. The topological polar surface area (TPSA) is 79.3 Å². The van der Waals surface area contributed by atoms with Gasteiger partial charge in [0.15, 0.2) is 11.5 Å². The molecule has 1 aromatic carbocycles. The molecule has 0 bridgehead atoms. The van der Waals surface area contributed by atoms with Crippen LogP contribution in [0.4, 0.5) is 0 Å². The highest BCUT2D eigenvalue weighted by molar-refractivity contribution is 6.08. The van der Waals surface area contributed by atoms with Crippen molar-refractivity contribution in [2.24, 2.45) is 0 Å². The first-order chi connectivity index (χ1) is 13.0. The van der Waals surface area contributed by atoms with Gasteiger partial charge in [-0.3, -0.25) is 14.5 Å². The Hall–Kier alpha value is -2.38. The third-order valence-electron chi connectivity index (χ3n) is 4.95. The summed E-state index contributed by atoms with van der Waals surface area (Å²) in [5.74, 6) is -0.507. The number of carbonyl (C=O) groups excluding carboxylic acids is 2. The summed E-state index contributed by atoms with van der Waals surface area (Å²) in [5, 5.41) is 10.3. The van der Waals surface area contributed by atoms with Gasteiger partial charge < -0.3 is 19.5 Å². The number of rotatable bonds is 7. The van der Waals surface area contributed by atoms with E-state index >= 15 is 0 Å². The highest BCUT2D eigenvalue weighted by atomic mass is 16.5. The number of carbonyl (C=O) groups is 2. The Bertz CT molecular complexity index is 722. The summed E-state index contributed by atoms with van der Waals surface area (Å²) in [7, 11) is 0. The number of ether oxygens (including phenoxy) is 2. The van der Waals surface area contributed by atoms with Crippen LogP contribution in [0.3, 0.4) is 0 Å². The van der Waals surface area contributed by atoms with Gasteiger partial charge >= 0.3 is 0 Å². The van der Waals surface area contributed by atoms with E-state index in [1.165, 1.54) is 6.92 Å². The minimum Gasteiger partial charge on any atom is -0.503 e. The number of aliphatic hydroxyl groups excluding tert-OH is 1. The summed E-state index contributed by atoms with van der Waals surface area (Å²) < 4.78 is 10.8. The number of ketones is 1. The SMILES string of the molecule is CCOc1ccc([C@H]2C(C(C)=O)=C(O)C(=O)N2CCN2CCOCC2)cc1. The maximum absolute atomic E-state index is 12.6. The molecule has 0 unspecified atom stereocenters. The Morgan fingerprint density at radius 3 is 2.48 bits per heavy atom. The van der Waals surface area contributed by atoms with Gasteiger partial charge in [0.25, 0.3) is 5.91 Å². The molecule has 0 radical (unpaired) electrons. The van der Waals surface area contributed by atoms with Gasteiger partial charge in [0, 0.05) is 26.2 Å². The van der Waals surface area contributed by atoms with Crippen molar-refractivity contribution in [1.29, 1.82) is 0 Å². The molecule has 1 amide bonds. The Morgan fingerprint density at radius 2 is 1.89 bits per heavy atom. The van der Waals surface area contributed by atoms with E-state index < -0.39 is 17.7 Å². The maximum atomic E-state index is 12.6. The van der Waals surface area contributed by atoms with Crippen molar-refractivity contribution in [3.05, 3.63) is 41.2 Å². The van der Waals surface area contributed by atoms with Crippen LogP contribution in [-0.2, 0) is 14.3 Å². The minimum absolute atomic E-state index is 0.158. The fourth-order valence-corrected chi connectivity index (χ4v) is 3.58. The zero-order valence-electron chi connectivity index (χ0n) is 15.8. The van der Waals surface area contributed by atoms with Crippen LogP contribution >= 0.6 is 0 Å². The summed E-state index contributed by atoms with van der Waals surface area (Å²) in [6.45, 7) is 7.93. The third kappa shape index (κ3) is 4.14. The molecule has 7 nitrogen and oxygen atoms in total. The lowest BCUT2D eigenvalue weighted by Gasteiger charge is -2.31. The number of nitrogens with zero attached hydrogens (tertiary/aromatic N) is 2. The zero-order valence-corrected chi connectivity index (χ0v) is 15.8. The molecular weight excluding hydrogens is 348 g/mol. The highest BCUT2D eigenvalue weighted by Gasteiger charge is 2.42. The van der Waals surface area contributed by atoms with Crippen LogP contribution in [0.25, 0.3) is 0 Å². The first kappa shape index (κ1) is 19.4. The summed E-state index contributed by atoms with van der Waals surface area (Å²) in [6, 6.07) is 6.73. The zero-order chi connectivity index (χ0) is 19.4. The third-order valence-corrected chi connectivity index (χ3v) is 4.95. The number of hydrogen-bond donors (Lipinski definition) is 1. The van der Waals surface area contributed by atoms with E-state index in [9.17, 15) is 14.7 Å². The molecule has 1 atom stereocenters. The normalized spacial score (nSPS) is 21.0. The molecule has 3 rings (SSSR count). The number of Topliss-reactive ketones (excluding diaryl/α,β-unsaturated/α-hetero) is 1. The van der Waals surface area contributed by atoms with Crippen LogP contribution < -0.4 is 4.74 Å². The molecule has 2 aliphatic heterocycles. The maximum Gasteiger partial charge on any atom is 0.290 e. The van der Waals surface area contributed by atoms with Crippen molar-refractivity contribution in [1.82, 2.24) is 9.80 Å². The van der Waals surface area contributed by atoms with Crippen molar-refractivity contribution < 1.29 is 24.2 Å². The molecule has 27 heavy (non-hydrogen) atoms. The highest BCUT2D eigenvalue weighted by Crippen LogP contribution is 2.38. The van der Waals surface area contributed by atoms with Crippen LogP contribution in [0.5, 0.6) is 5.75 Å². The van der Waals surface area contributed by atoms with Gasteiger partial charge in [0.05, 0.1) is 31.4 Å². The average molecular weight is 374 g/mol. The second-order valence-corrected chi connectivity index (χ2v) is 6.68. The predicted octanol–water partition coefficient (Wildman–Crippen LogP) is 1.70. The number of amides is 1. The van der Waals surface area contributed by atoms with E-state index in [0.717, 1.165) is 24.4 Å². The summed E-state index contributed by atoms with van der Waals surface area (Å²) in [4.78, 5) is 28.6. The first-order valence-electron chi connectivity index (χ1n) is 9.30. The van der Waals surface area contributed by atoms with Gasteiger partial charge in [0.2, 0.25) is 0 Å². The Balaban J connectivity index is 1.83. The smallest absolute Gasteiger partial charge is 0.290 e. The molecule has 0 saturated carbocycles. The first-order valence-corrected chi connectivity index (χ1v) is 9.30. The Morgan fingerprint density at radius 1 is 1.22 bits per heavy atom. The molecule has 1 saturated heterocycles. The lowest BCUT2D eigenvalue weighted by atomic mass is 9.96. The second-order valence-electron chi connectivity index (χ2n) is 6.68. The standard InChI is InChI=1S/C20H26N2O5/c1-3-27-16-6-4-15(5-7-16)18-17(14(2)23)19(24)20(25)22(18)9-8-21-10-12-26-13-11-21/h4-7,18,24H,3,8-13H2,1-2H3/t18-/m0/s1. The molecule has 0 aliphatic carbocycles. The average Bonchev–Trinajstić information content (AvgIpc) is 2.93. The van der Waals surface area contributed by atoms with Crippen LogP contribution in [-0.4, -0.2) is 72.6 Å². The number of hydrogen-bond acceptors (Lipinski definition) is 6. The molecule has 1 aromatic rings. The van der Waals surface area contributed by atoms with Gasteiger partial charge in [-0.2, -0.15) is 0 Å². The van der Waals surface area contributed by atoms with Crippen LogP contribution in [0.1, 0.15) is 25.5 Å². The van der Waals surface area contributed by atoms with Gasteiger partial charge in [-0.15, -0.1) is 0 Å². The fourth-order valence-electron chi connectivity index (χ4n) is 3.58.